The molecule has 2 rings (SSSR count). The van der Waals surface area contributed by atoms with E-state index in [1.807, 2.05) is 18.2 Å². The van der Waals surface area contributed by atoms with Crippen molar-refractivity contribution in [2.75, 3.05) is 13.7 Å². The molecule has 1 saturated carbocycles. The molecule has 100 valence electrons. The highest BCUT2D eigenvalue weighted by Gasteiger charge is 2.35. The topological polar surface area (TPSA) is 35.2 Å². The minimum Gasteiger partial charge on any atom is -0.496 e. The molecule has 0 aromatic heterocycles. The SMILES string of the molecule is COc1cccc(C2(CN)CCCCC2)c1CF. The highest BCUT2D eigenvalue weighted by Crippen LogP contribution is 2.42. The van der Waals surface area contributed by atoms with E-state index in [0.717, 1.165) is 18.4 Å². The number of nitrogens with two attached hydrogens (primary N) is 1. The van der Waals surface area contributed by atoms with E-state index in [2.05, 4.69) is 0 Å². The van der Waals surface area contributed by atoms with Crippen molar-refractivity contribution >= 4 is 0 Å². The van der Waals surface area contributed by atoms with Gasteiger partial charge in [-0.3, -0.25) is 0 Å². The fraction of sp³-hybridized carbons (Fsp3) is 0.600. The molecule has 0 unspecified atom stereocenters. The quantitative estimate of drug-likeness (QED) is 0.891. The fourth-order valence-electron chi connectivity index (χ4n) is 3.20. The summed E-state index contributed by atoms with van der Waals surface area (Å²) in [7, 11) is 1.59. The maximum absolute atomic E-state index is 13.4. The van der Waals surface area contributed by atoms with Crippen LogP contribution in [0.3, 0.4) is 0 Å². The second-order valence-corrected chi connectivity index (χ2v) is 5.17. The Bertz CT molecular complexity index is 399. The van der Waals surface area contributed by atoms with Gasteiger partial charge in [0.15, 0.2) is 0 Å². The standard InChI is InChI=1S/C15H22FNO/c1-18-14-7-5-6-13(12(14)10-16)15(11-17)8-3-2-4-9-15/h5-7H,2-4,8-11,17H2,1H3. The van der Waals surface area contributed by atoms with Gasteiger partial charge in [-0.2, -0.15) is 0 Å². The first-order valence-corrected chi connectivity index (χ1v) is 6.70. The van der Waals surface area contributed by atoms with Crippen molar-refractivity contribution in [3.63, 3.8) is 0 Å². The highest BCUT2D eigenvalue weighted by molar-refractivity contribution is 5.44. The summed E-state index contributed by atoms with van der Waals surface area (Å²) >= 11 is 0. The van der Waals surface area contributed by atoms with E-state index in [-0.39, 0.29) is 5.41 Å². The lowest BCUT2D eigenvalue weighted by molar-refractivity contribution is 0.293. The van der Waals surface area contributed by atoms with Crippen LogP contribution in [0.5, 0.6) is 5.75 Å². The maximum atomic E-state index is 13.4. The predicted molar refractivity (Wildman–Crippen MR) is 71.6 cm³/mol. The van der Waals surface area contributed by atoms with Crippen LogP contribution in [0, 0.1) is 0 Å². The minimum atomic E-state index is -0.485. The molecule has 0 amide bonds. The molecule has 3 heteroatoms. The van der Waals surface area contributed by atoms with Gasteiger partial charge in [0.1, 0.15) is 12.4 Å². The molecule has 1 aromatic rings. The first-order valence-electron chi connectivity index (χ1n) is 6.70. The van der Waals surface area contributed by atoms with Gasteiger partial charge in [-0.15, -0.1) is 0 Å². The van der Waals surface area contributed by atoms with Crippen LogP contribution in [0.2, 0.25) is 0 Å². The second kappa shape index (κ2) is 5.70. The summed E-state index contributed by atoms with van der Waals surface area (Å²) in [6.07, 6.45) is 5.74. The van der Waals surface area contributed by atoms with Crippen LogP contribution in [0.25, 0.3) is 0 Å². The number of ether oxygens (including phenoxy) is 1. The van der Waals surface area contributed by atoms with E-state index in [1.54, 1.807) is 7.11 Å². The summed E-state index contributed by atoms with van der Waals surface area (Å²) in [5, 5.41) is 0. The molecular weight excluding hydrogens is 229 g/mol. The Morgan fingerprint density at radius 1 is 1.28 bits per heavy atom. The number of halogens is 1. The van der Waals surface area contributed by atoms with E-state index in [1.165, 1.54) is 19.3 Å². The Labute approximate surface area is 108 Å². The Balaban J connectivity index is 2.47. The molecule has 0 saturated heterocycles. The van der Waals surface area contributed by atoms with Crippen LogP contribution in [-0.4, -0.2) is 13.7 Å². The summed E-state index contributed by atoms with van der Waals surface area (Å²) in [5.41, 5.74) is 7.72. The van der Waals surface area contributed by atoms with Crippen molar-refractivity contribution in [2.45, 2.75) is 44.2 Å². The Hall–Kier alpha value is -1.09. The molecule has 0 radical (unpaired) electrons. The van der Waals surface area contributed by atoms with Gasteiger partial charge in [0, 0.05) is 17.5 Å². The van der Waals surface area contributed by atoms with E-state index in [0.29, 0.717) is 17.9 Å². The molecule has 0 bridgehead atoms. The van der Waals surface area contributed by atoms with Crippen molar-refractivity contribution in [1.29, 1.82) is 0 Å². The predicted octanol–water partition coefficient (Wildman–Crippen LogP) is 3.33. The average molecular weight is 251 g/mol. The molecule has 1 aliphatic carbocycles. The van der Waals surface area contributed by atoms with E-state index >= 15 is 0 Å². The van der Waals surface area contributed by atoms with Crippen molar-refractivity contribution < 1.29 is 9.13 Å². The third-order valence-corrected chi connectivity index (χ3v) is 4.26. The van der Waals surface area contributed by atoms with Gasteiger partial charge in [0.25, 0.3) is 0 Å². The second-order valence-electron chi connectivity index (χ2n) is 5.17. The number of benzene rings is 1. The molecule has 1 fully saturated rings. The Morgan fingerprint density at radius 3 is 2.56 bits per heavy atom. The first-order chi connectivity index (χ1) is 8.77. The van der Waals surface area contributed by atoms with Gasteiger partial charge in [-0.25, -0.2) is 4.39 Å². The summed E-state index contributed by atoms with van der Waals surface area (Å²) in [6.45, 7) is 0.105. The molecule has 1 aliphatic rings. The summed E-state index contributed by atoms with van der Waals surface area (Å²) in [6, 6.07) is 5.79. The van der Waals surface area contributed by atoms with Crippen LogP contribution < -0.4 is 10.5 Å². The lowest BCUT2D eigenvalue weighted by atomic mass is 9.68. The van der Waals surface area contributed by atoms with Crippen molar-refractivity contribution in [2.24, 2.45) is 5.73 Å². The third-order valence-electron chi connectivity index (χ3n) is 4.26. The number of alkyl halides is 1. The van der Waals surface area contributed by atoms with Gasteiger partial charge in [0.05, 0.1) is 7.11 Å². The van der Waals surface area contributed by atoms with E-state index in [4.69, 9.17) is 10.5 Å². The average Bonchev–Trinajstić information content (AvgIpc) is 2.47. The Morgan fingerprint density at radius 2 is 2.00 bits per heavy atom. The van der Waals surface area contributed by atoms with Crippen molar-refractivity contribution in [3.05, 3.63) is 29.3 Å². The molecule has 1 aromatic carbocycles. The summed E-state index contributed by atoms with van der Waals surface area (Å²) in [4.78, 5) is 0. The van der Waals surface area contributed by atoms with Crippen LogP contribution in [0.4, 0.5) is 4.39 Å². The van der Waals surface area contributed by atoms with Gasteiger partial charge in [-0.1, -0.05) is 31.4 Å². The first kappa shape index (κ1) is 13.3. The Kier molecular flexibility index (Phi) is 4.23. The molecule has 0 spiro atoms. The molecule has 0 atom stereocenters. The normalized spacial score (nSPS) is 18.6. The number of hydrogen-bond acceptors (Lipinski definition) is 2. The summed E-state index contributed by atoms with van der Waals surface area (Å²) in [5.74, 6) is 0.647. The van der Waals surface area contributed by atoms with Crippen LogP contribution in [-0.2, 0) is 12.1 Å². The van der Waals surface area contributed by atoms with Gasteiger partial charge in [0.2, 0.25) is 0 Å². The smallest absolute Gasteiger partial charge is 0.124 e. The molecule has 0 aliphatic heterocycles. The fourth-order valence-corrected chi connectivity index (χ4v) is 3.20. The monoisotopic (exact) mass is 251 g/mol. The van der Waals surface area contributed by atoms with Crippen LogP contribution in [0.15, 0.2) is 18.2 Å². The third kappa shape index (κ3) is 2.24. The minimum absolute atomic E-state index is 0.0474. The lowest BCUT2D eigenvalue weighted by Crippen LogP contribution is -2.38. The number of hydrogen-bond donors (Lipinski definition) is 1. The zero-order valence-corrected chi connectivity index (χ0v) is 11.0. The van der Waals surface area contributed by atoms with Crippen molar-refractivity contribution in [3.8, 4) is 5.75 Å². The molecule has 2 nitrogen and oxygen atoms in total. The highest BCUT2D eigenvalue weighted by atomic mass is 19.1. The van der Waals surface area contributed by atoms with E-state index in [9.17, 15) is 4.39 Å². The van der Waals surface area contributed by atoms with Gasteiger partial charge < -0.3 is 10.5 Å². The molecule has 0 heterocycles. The van der Waals surface area contributed by atoms with Crippen molar-refractivity contribution in [1.82, 2.24) is 0 Å². The molecule has 18 heavy (non-hydrogen) atoms. The zero-order valence-electron chi connectivity index (χ0n) is 11.0. The van der Waals surface area contributed by atoms with Crippen LogP contribution in [0.1, 0.15) is 43.2 Å². The lowest BCUT2D eigenvalue weighted by Gasteiger charge is -2.38. The maximum Gasteiger partial charge on any atom is 0.124 e. The number of methoxy groups -OCH3 is 1. The molecular formula is C15H22FNO. The van der Waals surface area contributed by atoms with Gasteiger partial charge in [-0.05, 0) is 24.5 Å². The van der Waals surface area contributed by atoms with Gasteiger partial charge >= 0.3 is 0 Å². The largest absolute Gasteiger partial charge is 0.496 e. The summed E-state index contributed by atoms with van der Waals surface area (Å²) < 4.78 is 18.7. The van der Waals surface area contributed by atoms with Crippen LogP contribution >= 0.6 is 0 Å². The molecule has 2 N–H and O–H groups in total. The number of rotatable bonds is 4. The zero-order chi connectivity index (χ0) is 13.0. The van der Waals surface area contributed by atoms with E-state index < -0.39 is 6.67 Å².